The molecule has 0 unspecified atom stereocenters. The highest BCUT2D eigenvalue weighted by Gasteiger charge is 2.33. The number of aldehydes is 1. The molecule has 0 aromatic heterocycles. The van der Waals surface area contributed by atoms with Gasteiger partial charge in [-0.2, -0.15) is 0 Å². The van der Waals surface area contributed by atoms with E-state index in [1.165, 1.54) is 5.57 Å². The largest absolute Gasteiger partial charge is 0.298 e. The first kappa shape index (κ1) is 13.2. The third-order valence-corrected chi connectivity index (χ3v) is 4.10. The average molecular weight is 220 g/mol. The fraction of sp³-hybridized carbons (Fsp3) is 0.667. The molecular formula is C15H24O. The summed E-state index contributed by atoms with van der Waals surface area (Å²) in [5.41, 5.74) is 2.77. The molecule has 0 amide bonds. The molecule has 0 aliphatic heterocycles. The van der Waals surface area contributed by atoms with Crippen LogP contribution in [0.5, 0.6) is 0 Å². The fourth-order valence-electron chi connectivity index (χ4n) is 2.38. The molecule has 1 rings (SSSR count). The lowest BCUT2D eigenvalue weighted by Gasteiger charge is -2.29. The molecule has 1 nitrogen and oxygen atoms in total. The van der Waals surface area contributed by atoms with Crippen LogP contribution in [0, 0.1) is 11.3 Å². The van der Waals surface area contributed by atoms with Gasteiger partial charge in [-0.15, -0.1) is 0 Å². The van der Waals surface area contributed by atoms with Crippen LogP contribution in [0.2, 0.25) is 0 Å². The minimum atomic E-state index is 0.302. The summed E-state index contributed by atoms with van der Waals surface area (Å²) in [6.07, 6.45) is 9.68. The van der Waals surface area contributed by atoms with Crippen LogP contribution in [0.25, 0.3) is 0 Å². The van der Waals surface area contributed by atoms with Crippen LogP contribution in [0.3, 0.4) is 0 Å². The zero-order valence-corrected chi connectivity index (χ0v) is 11.0. The number of rotatable bonds is 5. The molecule has 0 fully saturated rings. The Labute approximate surface area is 99.6 Å². The Kier molecular flexibility index (Phi) is 4.52. The zero-order valence-electron chi connectivity index (χ0n) is 11.0. The van der Waals surface area contributed by atoms with Crippen molar-refractivity contribution in [2.24, 2.45) is 11.3 Å². The average Bonchev–Trinajstić information content (AvgIpc) is 2.50. The van der Waals surface area contributed by atoms with E-state index in [-0.39, 0.29) is 0 Å². The summed E-state index contributed by atoms with van der Waals surface area (Å²) in [5.74, 6) is 0.666. The predicted octanol–water partition coefficient (Wildman–Crippen LogP) is 4.29. The number of carbonyl (C=O) groups is 1. The van der Waals surface area contributed by atoms with E-state index in [2.05, 4.69) is 39.8 Å². The Bertz CT molecular complexity index is 307. The molecule has 0 aromatic carbocycles. The maximum absolute atomic E-state index is 10.8. The molecule has 0 saturated carbocycles. The molecule has 0 bridgehead atoms. The predicted molar refractivity (Wildman–Crippen MR) is 69.3 cm³/mol. The summed E-state index contributed by atoms with van der Waals surface area (Å²) in [7, 11) is 0. The number of hydrogen-bond acceptors (Lipinski definition) is 1. The van der Waals surface area contributed by atoms with Gasteiger partial charge >= 0.3 is 0 Å². The third-order valence-electron chi connectivity index (χ3n) is 4.10. The van der Waals surface area contributed by atoms with E-state index >= 15 is 0 Å². The summed E-state index contributed by atoms with van der Waals surface area (Å²) in [6, 6.07) is 0. The van der Waals surface area contributed by atoms with Crippen LogP contribution in [0.4, 0.5) is 0 Å². The molecule has 1 aliphatic rings. The van der Waals surface area contributed by atoms with Crippen LogP contribution >= 0.6 is 0 Å². The molecule has 0 saturated heterocycles. The lowest BCUT2D eigenvalue weighted by molar-refractivity contribution is -0.105. The first-order valence-electron chi connectivity index (χ1n) is 6.33. The molecule has 0 aromatic rings. The van der Waals surface area contributed by atoms with Crippen molar-refractivity contribution in [3.8, 4) is 0 Å². The topological polar surface area (TPSA) is 17.1 Å². The minimum absolute atomic E-state index is 0.302. The minimum Gasteiger partial charge on any atom is -0.298 e. The SMILES string of the molecule is CCCC(C=O)=CC[C@H]1CC=C(C)C1(C)C. The highest BCUT2D eigenvalue weighted by Crippen LogP contribution is 2.44. The quantitative estimate of drug-likeness (QED) is 0.383. The molecule has 0 spiro atoms. The first-order valence-corrected chi connectivity index (χ1v) is 6.33. The molecule has 0 radical (unpaired) electrons. The number of allylic oxidation sites excluding steroid dienone is 4. The van der Waals surface area contributed by atoms with E-state index in [1.807, 2.05) is 0 Å². The Morgan fingerprint density at radius 2 is 2.25 bits per heavy atom. The van der Waals surface area contributed by atoms with E-state index in [1.54, 1.807) is 0 Å². The van der Waals surface area contributed by atoms with Crippen LogP contribution in [0.15, 0.2) is 23.3 Å². The second-order valence-electron chi connectivity index (χ2n) is 5.42. The van der Waals surface area contributed by atoms with Gasteiger partial charge in [0.05, 0.1) is 0 Å². The van der Waals surface area contributed by atoms with Crippen LogP contribution in [-0.2, 0) is 4.79 Å². The van der Waals surface area contributed by atoms with Crippen molar-refractivity contribution in [2.75, 3.05) is 0 Å². The molecule has 1 atom stereocenters. The summed E-state index contributed by atoms with van der Waals surface area (Å²) in [4.78, 5) is 10.8. The van der Waals surface area contributed by atoms with E-state index in [0.717, 1.165) is 37.5 Å². The standard InChI is InChI=1S/C15H24O/c1-5-6-13(11-16)8-10-14-9-7-12(2)15(14,3)4/h7-8,11,14H,5-6,9-10H2,1-4H3/t14-/m1/s1. The highest BCUT2D eigenvalue weighted by molar-refractivity contribution is 5.72. The highest BCUT2D eigenvalue weighted by atomic mass is 16.1. The molecular weight excluding hydrogens is 196 g/mol. The van der Waals surface area contributed by atoms with Gasteiger partial charge in [0.25, 0.3) is 0 Å². The second-order valence-corrected chi connectivity index (χ2v) is 5.42. The molecule has 0 heterocycles. The first-order chi connectivity index (χ1) is 7.52. The summed E-state index contributed by atoms with van der Waals surface area (Å²) in [5, 5.41) is 0. The lowest BCUT2D eigenvalue weighted by Crippen LogP contribution is -2.19. The molecule has 1 heteroatoms. The van der Waals surface area contributed by atoms with E-state index in [9.17, 15) is 4.79 Å². The molecule has 16 heavy (non-hydrogen) atoms. The monoisotopic (exact) mass is 220 g/mol. The van der Waals surface area contributed by atoms with Crippen molar-refractivity contribution in [1.82, 2.24) is 0 Å². The summed E-state index contributed by atoms with van der Waals surface area (Å²) < 4.78 is 0. The van der Waals surface area contributed by atoms with Gasteiger partial charge in [-0.1, -0.05) is 44.9 Å². The van der Waals surface area contributed by atoms with Crippen molar-refractivity contribution in [1.29, 1.82) is 0 Å². The van der Waals surface area contributed by atoms with Crippen LogP contribution in [-0.4, -0.2) is 6.29 Å². The van der Waals surface area contributed by atoms with E-state index in [4.69, 9.17) is 0 Å². The van der Waals surface area contributed by atoms with Gasteiger partial charge in [0.2, 0.25) is 0 Å². The maximum Gasteiger partial charge on any atom is 0.145 e. The van der Waals surface area contributed by atoms with Gasteiger partial charge < -0.3 is 0 Å². The molecule has 0 N–H and O–H groups in total. The molecule has 1 aliphatic carbocycles. The Hall–Kier alpha value is -0.850. The number of carbonyl (C=O) groups excluding carboxylic acids is 1. The lowest BCUT2D eigenvalue weighted by atomic mass is 9.76. The Morgan fingerprint density at radius 1 is 1.56 bits per heavy atom. The Balaban J connectivity index is 2.60. The van der Waals surface area contributed by atoms with Crippen LogP contribution < -0.4 is 0 Å². The fourth-order valence-corrected chi connectivity index (χ4v) is 2.38. The Morgan fingerprint density at radius 3 is 2.69 bits per heavy atom. The zero-order chi connectivity index (χ0) is 12.2. The maximum atomic E-state index is 10.8. The van der Waals surface area contributed by atoms with E-state index < -0.39 is 0 Å². The van der Waals surface area contributed by atoms with Crippen molar-refractivity contribution in [3.63, 3.8) is 0 Å². The normalized spacial score (nSPS) is 24.4. The van der Waals surface area contributed by atoms with Gasteiger partial charge in [-0.3, -0.25) is 4.79 Å². The summed E-state index contributed by atoms with van der Waals surface area (Å²) >= 11 is 0. The number of hydrogen-bond donors (Lipinski definition) is 0. The van der Waals surface area contributed by atoms with Gasteiger partial charge in [-0.05, 0) is 43.1 Å². The van der Waals surface area contributed by atoms with Gasteiger partial charge in [0.15, 0.2) is 0 Å². The van der Waals surface area contributed by atoms with Crippen LogP contribution in [0.1, 0.15) is 53.4 Å². The van der Waals surface area contributed by atoms with E-state index in [0.29, 0.717) is 11.3 Å². The van der Waals surface area contributed by atoms with Crippen molar-refractivity contribution < 1.29 is 4.79 Å². The van der Waals surface area contributed by atoms with Gasteiger partial charge in [-0.25, -0.2) is 0 Å². The van der Waals surface area contributed by atoms with Crippen molar-refractivity contribution in [2.45, 2.75) is 53.4 Å². The van der Waals surface area contributed by atoms with Crippen molar-refractivity contribution >= 4 is 6.29 Å². The van der Waals surface area contributed by atoms with Gasteiger partial charge in [0, 0.05) is 0 Å². The smallest absolute Gasteiger partial charge is 0.145 e. The second kappa shape index (κ2) is 5.47. The van der Waals surface area contributed by atoms with Gasteiger partial charge in [0.1, 0.15) is 6.29 Å². The molecule has 90 valence electrons. The summed E-state index contributed by atoms with van der Waals surface area (Å²) in [6.45, 7) is 8.95. The third kappa shape index (κ3) is 2.84. The van der Waals surface area contributed by atoms with Crippen molar-refractivity contribution in [3.05, 3.63) is 23.3 Å².